The molecule has 0 aliphatic carbocycles. The van der Waals surface area contributed by atoms with Crippen LogP contribution in [0.15, 0.2) is 18.2 Å². The molecule has 0 radical (unpaired) electrons. The first kappa shape index (κ1) is 15.9. The minimum atomic E-state index is -0.489. The molecule has 1 aromatic rings. The maximum Gasteiger partial charge on any atom is 0.255 e. The van der Waals surface area contributed by atoms with Gasteiger partial charge in [-0.05, 0) is 47.1 Å². The molecule has 0 unspecified atom stereocenters. The van der Waals surface area contributed by atoms with E-state index in [0.717, 1.165) is 9.13 Å². The number of hydrogen-bond donors (Lipinski definition) is 1. The summed E-state index contributed by atoms with van der Waals surface area (Å²) in [5.41, 5.74) is 6.90. The quantitative estimate of drug-likeness (QED) is 0.804. The molecule has 2 N–H and O–H groups in total. The maximum atomic E-state index is 12.5. The van der Waals surface area contributed by atoms with E-state index in [0.29, 0.717) is 12.1 Å². The van der Waals surface area contributed by atoms with Crippen LogP contribution in [0.25, 0.3) is 0 Å². The molecule has 0 saturated heterocycles. The van der Waals surface area contributed by atoms with Crippen molar-refractivity contribution in [2.24, 2.45) is 11.7 Å². The van der Waals surface area contributed by atoms with Gasteiger partial charge in [0.05, 0.1) is 12.1 Å². The first-order valence-electron chi connectivity index (χ1n) is 6.15. The minimum absolute atomic E-state index is 0.0406. The highest BCUT2D eigenvalue weighted by atomic mass is 127. The summed E-state index contributed by atoms with van der Waals surface area (Å²) in [5.74, 6) is -0.344. The van der Waals surface area contributed by atoms with Gasteiger partial charge in [-0.2, -0.15) is 0 Å². The zero-order valence-electron chi connectivity index (χ0n) is 11.4. The van der Waals surface area contributed by atoms with Crippen molar-refractivity contribution in [1.29, 1.82) is 0 Å². The van der Waals surface area contributed by atoms with Gasteiger partial charge in [0, 0.05) is 10.1 Å². The third kappa shape index (κ3) is 4.49. The molecular formula is C14H19IN2O2. The van der Waals surface area contributed by atoms with Crippen LogP contribution < -0.4 is 5.73 Å². The Morgan fingerprint density at radius 1 is 1.37 bits per heavy atom. The second-order valence-electron chi connectivity index (χ2n) is 4.98. The Morgan fingerprint density at radius 2 is 2.00 bits per heavy atom. The van der Waals surface area contributed by atoms with Crippen molar-refractivity contribution >= 4 is 34.4 Å². The SMILES string of the molecule is Cc1cccc(C(=O)N(CC(N)=O)CC(C)C)c1I. The zero-order chi connectivity index (χ0) is 14.6. The van der Waals surface area contributed by atoms with Gasteiger partial charge < -0.3 is 10.6 Å². The molecule has 0 spiro atoms. The molecule has 1 aromatic carbocycles. The van der Waals surface area contributed by atoms with Crippen LogP contribution in [-0.4, -0.2) is 29.8 Å². The molecule has 0 bridgehead atoms. The fourth-order valence-corrected chi connectivity index (χ4v) is 2.42. The number of halogens is 1. The lowest BCUT2D eigenvalue weighted by molar-refractivity contribution is -0.118. The van der Waals surface area contributed by atoms with E-state index >= 15 is 0 Å². The standard InChI is InChI=1S/C14H19IN2O2/c1-9(2)7-17(8-12(16)18)14(19)11-6-4-5-10(3)13(11)15/h4-6,9H,7-8H2,1-3H3,(H2,16,18). The average Bonchev–Trinajstić information content (AvgIpc) is 2.30. The molecule has 104 valence electrons. The Balaban J connectivity index is 3.04. The van der Waals surface area contributed by atoms with Crippen LogP contribution in [0.5, 0.6) is 0 Å². The molecule has 0 atom stereocenters. The summed E-state index contributed by atoms with van der Waals surface area (Å²) in [6.07, 6.45) is 0. The number of aryl methyl sites for hydroxylation is 1. The first-order valence-corrected chi connectivity index (χ1v) is 7.23. The highest BCUT2D eigenvalue weighted by Gasteiger charge is 2.21. The Hall–Kier alpha value is -1.11. The number of amides is 2. The van der Waals surface area contributed by atoms with E-state index in [2.05, 4.69) is 22.6 Å². The molecule has 1 rings (SSSR count). The summed E-state index contributed by atoms with van der Waals surface area (Å²) in [6.45, 7) is 6.44. The molecule has 4 nitrogen and oxygen atoms in total. The van der Waals surface area contributed by atoms with Crippen molar-refractivity contribution in [2.45, 2.75) is 20.8 Å². The predicted molar refractivity (Wildman–Crippen MR) is 83.8 cm³/mol. The van der Waals surface area contributed by atoms with Gasteiger partial charge in [-0.25, -0.2) is 0 Å². The van der Waals surface area contributed by atoms with E-state index in [-0.39, 0.29) is 18.4 Å². The molecular weight excluding hydrogens is 355 g/mol. The lowest BCUT2D eigenvalue weighted by Gasteiger charge is -2.24. The number of benzene rings is 1. The number of hydrogen-bond acceptors (Lipinski definition) is 2. The van der Waals surface area contributed by atoms with Crippen molar-refractivity contribution in [3.8, 4) is 0 Å². The largest absolute Gasteiger partial charge is 0.368 e. The predicted octanol–water partition coefficient (Wildman–Crippen LogP) is 2.18. The van der Waals surface area contributed by atoms with E-state index in [4.69, 9.17) is 5.73 Å². The van der Waals surface area contributed by atoms with E-state index < -0.39 is 5.91 Å². The van der Waals surface area contributed by atoms with Gasteiger partial charge in [0.1, 0.15) is 0 Å². The van der Waals surface area contributed by atoms with E-state index in [1.54, 1.807) is 6.07 Å². The van der Waals surface area contributed by atoms with Crippen molar-refractivity contribution in [3.05, 3.63) is 32.9 Å². The molecule has 0 aliphatic heterocycles. The van der Waals surface area contributed by atoms with Crippen molar-refractivity contribution in [3.63, 3.8) is 0 Å². The van der Waals surface area contributed by atoms with Gasteiger partial charge in [0.15, 0.2) is 0 Å². The number of rotatable bonds is 5. The highest BCUT2D eigenvalue weighted by molar-refractivity contribution is 14.1. The van der Waals surface area contributed by atoms with Gasteiger partial charge in [0.2, 0.25) is 5.91 Å². The highest BCUT2D eigenvalue weighted by Crippen LogP contribution is 2.19. The number of carbonyl (C=O) groups is 2. The molecule has 0 heterocycles. The summed E-state index contributed by atoms with van der Waals surface area (Å²) in [7, 11) is 0. The number of nitrogens with zero attached hydrogens (tertiary/aromatic N) is 1. The molecule has 0 saturated carbocycles. The van der Waals surface area contributed by atoms with Crippen LogP contribution in [0.4, 0.5) is 0 Å². The van der Waals surface area contributed by atoms with Crippen molar-refractivity contribution in [2.75, 3.05) is 13.1 Å². The second kappa shape index (κ2) is 6.88. The summed E-state index contributed by atoms with van der Waals surface area (Å²) in [4.78, 5) is 25.1. The summed E-state index contributed by atoms with van der Waals surface area (Å²) in [5, 5.41) is 0. The molecule has 0 aromatic heterocycles. The van der Waals surface area contributed by atoms with E-state index in [9.17, 15) is 9.59 Å². The minimum Gasteiger partial charge on any atom is -0.368 e. The van der Waals surface area contributed by atoms with Gasteiger partial charge in [-0.3, -0.25) is 9.59 Å². The molecule has 5 heteroatoms. The fourth-order valence-electron chi connectivity index (χ4n) is 1.83. The van der Waals surface area contributed by atoms with Crippen LogP contribution in [-0.2, 0) is 4.79 Å². The Morgan fingerprint density at radius 3 is 2.53 bits per heavy atom. The van der Waals surface area contributed by atoms with Crippen molar-refractivity contribution < 1.29 is 9.59 Å². The molecule has 2 amide bonds. The fraction of sp³-hybridized carbons (Fsp3) is 0.429. The normalized spacial score (nSPS) is 10.6. The monoisotopic (exact) mass is 374 g/mol. The second-order valence-corrected chi connectivity index (χ2v) is 6.06. The van der Waals surface area contributed by atoms with Gasteiger partial charge >= 0.3 is 0 Å². The number of carbonyl (C=O) groups excluding carboxylic acids is 2. The number of nitrogens with two attached hydrogens (primary N) is 1. The maximum absolute atomic E-state index is 12.5. The summed E-state index contributed by atoms with van der Waals surface area (Å²) >= 11 is 2.16. The number of primary amides is 1. The van der Waals surface area contributed by atoms with Crippen molar-refractivity contribution in [1.82, 2.24) is 4.90 Å². The van der Waals surface area contributed by atoms with E-state index in [1.165, 1.54) is 4.90 Å². The molecule has 19 heavy (non-hydrogen) atoms. The van der Waals surface area contributed by atoms with Crippen LogP contribution >= 0.6 is 22.6 Å². The lowest BCUT2D eigenvalue weighted by Crippen LogP contribution is -2.40. The third-order valence-corrected chi connectivity index (χ3v) is 4.07. The van der Waals surface area contributed by atoms with Crippen LogP contribution in [0.1, 0.15) is 29.8 Å². The van der Waals surface area contributed by atoms with E-state index in [1.807, 2.05) is 32.9 Å². The summed E-state index contributed by atoms with van der Waals surface area (Å²) < 4.78 is 0.920. The smallest absolute Gasteiger partial charge is 0.255 e. The zero-order valence-corrected chi connectivity index (χ0v) is 13.6. The lowest BCUT2D eigenvalue weighted by atomic mass is 10.1. The summed E-state index contributed by atoms with van der Waals surface area (Å²) in [6, 6.07) is 5.59. The first-order chi connectivity index (χ1) is 8.82. The third-order valence-electron chi connectivity index (χ3n) is 2.64. The Kier molecular flexibility index (Phi) is 5.78. The topological polar surface area (TPSA) is 63.4 Å². The van der Waals surface area contributed by atoms with Crippen LogP contribution in [0.3, 0.4) is 0 Å². The van der Waals surface area contributed by atoms with Crippen LogP contribution in [0.2, 0.25) is 0 Å². The van der Waals surface area contributed by atoms with Crippen LogP contribution in [0, 0.1) is 16.4 Å². The van der Waals surface area contributed by atoms with Gasteiger partial charge in [0.25, 0.3) is 5.91 Å². The Bertz CT molecular complexity index is 486. The Labute approximate surface area is 127 Å². The van der Waals surface area contributed by atoms with Gasteiger partial charge in [-0.1, -0.05) is 26.0 Å². The molecule has 0 aliphatic rings. The van der Waals surface area contributed by atoms with Gasteiger partial charge in [-0.15, -0.1) is 0 Å². The molecule has 0 fully saturated rings. The average molecular weight is 374 g/mol.